The number of rotatable bonds is 4. The molecule has 0 aromatic rings. The van der Waals surface area contributed by atoms with Crippen LogP contribution in [-0.4, -0.2) is 14.2 Å². The molecule has 0 nitrogen and oxygen atoms in total. The molecule has 0 saturated carbocycles. The lowest BCUT2D eigenvalue weighted by Crippen LogP contribution is -2.08. The van der Waals surface area contributed by atoms with Gasteiger partial charge in [0.05, 0.1) is 0 Å². The summed E-state index contributed by atoms with van der Waals surface area (Å²) in [5, 5.41) is 0. The Morgan fingerprint density at radius 2 is 2.11 bits per heavy atom. The maximum Gasteiger partial charge on any atom is 0.0132 e. The summed E-state index contributed by atoms with van der Waals surface area (Å²) in [5.74, 6) is 0.930. The Morgan fingerprint density at radius 1 is 1.56 bits per heavy atom. The molecule has 9 heavy (non-hydrogen) atoms. The van der Waals surface area contributed by atoms with Gasteiger partial charge in [0.1, 0.15) is 0 Å². The van der Waals surface area contributed by atoms with Crippen molar-refractivity contribution in [3.05, 3.63) is 0 Å². The zero-order valence-corrected chi connectivity index (χ0v) is 10.8. The fourth-order valence-electron chi connectivity index (χ4n) is 0.816. The van der Waals surface area contributed by atoms with Crippen LogP contribution >= 0.6 is 22.6 Å². The molecule has 2 unspecified atom stereocenters. The zero-order valence-electron chi connectivity index (χ0n) is 6.65. The van der Waals surface area contributed by atoms with Gasteiger partial charge in [-0.1, -0.05) is 48.9 Å². The molecule has 0 aromatic heterocycles. The van der Waals surface area contributed by atoms with Crippen molar-refractivity contribution in [3.8, 4) is 0 Å². The lowest BCUT2D eigenvalue weighted by Gasteiger charge is -2.14. The lowest BCUT2D eigenvalue weighted by molar-refractivity contribution is 0.539. The highest BCUT2D eigenvalue weighted by atomic mass is 127. The van der Waals surface area contributed by atoms with Crippen LogP contribution in [0.1, 0.15) is 26.7 Å². The maximum absolute atomic E-state index is 2.59. The van der Waals surface area contributed by atoms with Crippen LogP contribution in [0.25, 0.3) is 0 Å². The molecule has 0 aliphatic carbocycles. The van der Waals surface area contributed by atoms with Crippen molar-refractivity contribution in [3.63, 3.8) is 0 Å². The van der Waals surface area contributed by atoms with Gasteiger partial charge in [-0.05, 0) is 12.3 Å². The fraction of sp³-hybridized carbons (Fsp3) is 1.00. The standard InChI is InChI=1S/C7H17ISi/c1-3-6(2)7(8)4-5-9/h6-7H,3-5H2,1-2,9H3. The van der Waals surface area contributed by atoms with Crippen molar-refractivity contribution in [1.82, 2.24) is 0 Å². The van der Waals surface area contributed by atoms with Gasteiger partial charge in [0.15, 0.2) is 0 Å². The second-order valence-electron chi connectivity index (χ2n) is 2.69. The SMILES string of the molecule is CCC(C)C(I)CC[SiH3]. The Balaban J connectivity index is 3.32. The van der Waals surface area contributed by atoms with Crippen LogP contribution in [0, 0.1) is 5.92 Å². The molecular weight excluding hydrogens is 239 g/mol. The smallest absolute Gasteiger partial charge is 0.0132 e. The monoisotopic (exact) mass is 256 g/mol. The highest BCUT2D eigenvalue weighted by Crippen LogP contribution is 2.20. The third kappa shape index (κ3) is 4.36. The topological polar surface area (TPSA) is 0 Å². The summed E-state index contributed by atoms with van der Waals surface area (Å²) >= 11 is 2.59. The van der Waals surface area contributed by atoms with Gasteiger partial charge in [-0.25, -0.2) is 0 Å². The molecular formula is C7H17ISi. The molecule has 0 radical (unpaired) electrons. The minimum absolute atomic E-state index is 0.930. The molecule has 0 N–H and O–H groups in total. The van der Waals surface area contributed by atoms with Crippen molar-refractivity contribution in [2.75, 3.05) is 0 Å². The first kappa shape index (κ1) is 9.95. The molecule has 0 heterocycles. The van der Waals surface area contributed by atoms with Crippen molar-refractivity contribution in [2.45, 2.75) is 36.7 Å². The van der Waals surface area contributed by atoms with E-state index in [0.29, 0.717) is 0 Å². The molecule has 0 aliphatic heterocycles. The molecule has 0 saturated heterocycles. The Labute approximate surface area is 75.4 Å². The van der Waals surface area contributed by atoms with E-state index in [4.69, 9.17) is 0 Å². The third-order valence-corrected chi connectivity index (χ3v) is 4.25. The quantitative estimate of drug-likeness (QED) is 0.410. The summed E-state index contributed by atoms with van der Waals surface area (Å²) in [7, 11) is 1.38. The van der Waals surface area contributed by atoms with E-state index < -0.39 is 0 Å². The Kier molecular flexibility index (Phi) is 6.31. The number of hydrogen-bond acceptors (Lipinski definition) is 0. The minimum atomic E-state index is 0.930. The Bertz CT molecular complexity index is 65.9. The van der Waals surface area contributed by atoms with E-state index in [2.05, 4.69) is 36.4 Å². The molecule has 0 fully saturated rings. The predicted octanol–water partition coefficient (Wildman–Crippen LogP) is 2.01. The summed E-state index contributed by atoms with van der Waals surface area (Å²) in [6, 6.07) is 1.47. The number of hydrogen-bond donors (Lipinski definition) is 0. The summed E-state index contributed by atoms with van der Waals surface area (Å²) in [6.45, 7) is 4.64. The summed E-state index contributed by atoms with van der Waals surface area (Å²) < 4.78 is 0.935. The van der Waals surface area contributed by atoms with Crippen LogP contribution < -0.4 is 0 Å². The number of alkyl halides is 1. The molecule has 0 amide bonds. The van der Waals surface area contributed by atoms with E-state index in [1.54, 1.807) is 0 Å². The van der Waals surface area contributed by atoms with Crippen molar-refractivity contribution >= 4 is 32.8 Å². The van der Waals surface area contributed by atoms with Crippen LogP contribution in [0.3, 0.4) is 0 Å². The lowest BCUT2D eigenvalue weighted by atomic mass is 10.0. The third-order valence-electron chi connectivity index (χ3n) is 1.83. The van der Waals surface area contributed by atoms with Crippen LogP contribution in [0.15, 0.2) is 0 Å². The van der Waals surface area contributed by atoms with E-state index >= 15 is 0 Å². The molecule has 0 bridgehead atoms. The van der Waals surface area contributed by atoms with Crippen LogP contribution in [-0.2, 0) is 0 Å². The fourth-order valence-corrected chi connectivity index (χ4v) is 3.74. The second-order valence-corrected chi connectivity index (χ2v) is 5.29. The molecule has 2 heteroatoms. The first-order chi connectivity index (χ1) is 4.22. The largest absolute Gasteiger partial charge is 0.0823 e. The van der Waals surface area contributed by atoms with Gasteiger partial charge in [0, 0.05) is 14.2 Å². The van der Waals surface area contributed by atoms with Gasteiger partial charge in [-0.15, -0.1) is 0 Å². The van der Waals surface area contributed by atoms with E-state index in [1.165, 1.54) is 29.1 Å². The highest BCUT2D eigenvalue weighted by Gasteiger charge is 2.09. The normalized spacial score (nSPS) is 17.7. The van der Waals surface area contributed by atoms with E-state index in [1.807, 2.05) is 0 Å². The van der Waals surface area contributed by atoms with Gasteiger partial charge >= 0.3 is 0 Å². The van der Waals surface area contributed by atoms with Gasteiger partial charge in [0.25, 0.3) is 0 Å². The Hall–Kier alpha value is 0.947. The molecule has 0 spiro atoms. The van der Waals surface area contributed by atoms with Crippen LogP contribution in [0.4, 0.5) is 0 Å². The highest BCUT2D eigenvalue weighted by molar-refractivity contribution is 14.1. The molecule has 56 valence electrons. The molecule has 0 aromatic carbocycles. The first-order valence-electron chi connectivity index (χ1n) is 3.86. The summed E-state index contributed by atoms with van der Waals surface area (Å²) in [4.78, 5) is 0. The summed E-state index contributed by atoms with van der Waals surface area (Å²) in [6.07, 6.45) is 2.79. The molecule has 2 atom stereocenters. The Morgan fingerprint density at radius 3 is 2.44 bits per heavy atom. The maximum atomic E-state index is 2.59. The van der Waals surface area contributed by atoms with Crippen LogP contribution in [0.5, 0.6) is 0 Å². The molecule has 0 aliphatic rings. The zero-order chi connectivity index (χ0) is 7.28. The number of halogens is 1. The average molecular weight is 256 g/mol. The minimum Gasteiger partial charge on any atom is -0.0823 e. The van der Waals surface area contributed by atoms with Crippen molar-refractivity contribution in [1.29, 1.82) is 0 Å². The first-order valence-corrected chi connectivity index (χ1v) is 6.52. The van der Waals surface area contributed by atoms with Crippen molar-refractivity contribution < 1.29 is 0 Å². The van der Waals surface area contributed by atoms with Crippen LogP contribution in [0.2, 0.25) is 6.04 Å². The van der Waals surface area contributed by atoms with Gasteiger partial charge in [-0.2, -0.15) is 0 Å². The van der Waals surface area contributed by atoms with E-state index in [0.717, 1.165) is 9.84 Å². The van der Waals surface area contributed by atoms with Crippen molar-refractivity contribution in [2.24, 2.45) is 5.92 Å². The van der Waals surface area contributed by atoms with Gasteiger partial charge in [-0.3, -0.25) is 0 Å². The molecule has 0 rings (SSSR count). The second kappa shape index (κ2) is 5.71. The predicted molar refractivity (Wildman–Crippen MR) is 56.6 cm³/mol. The van der Waals surface area contributed by atoms with Gasteiger partial charge in [0.2, 0.25) is 0 Å². The summed E-state index contributed by atoms with van der Waals surface area (Å²) in [5.41, 5.74) is 0. The van der Waals surface area contributed by atoms with E-state index in [9.17, 15) is 0 Å². The van der Waals surface area contributed by atoms with Gasteiger partial charge < -0.3 is 0 Å². The van der Waals surface area contributed by atoms with E-state index in [-0.39, 0.29) is 0 Å². The average Bonchev–Trinajstić information content (AvgIpc) is 1.87.